The molecule has 0 amide bonds. The number of hydrogen-bond donors (Lipinski definition) is 0. The van der Waals surface area contributed by atoms with E-state index >= 15 is 8.78 Å². The molecule has 0 bridgehead atoms. The van der Waals surface area contributed by atoms with Gasteiger partial charge in [-0.15, -0.1) is 6.58 Å². The molecule has 6 aromatic rings. The molecule has 4 aromatic carbocycles. The average Bonchev–Trinajstić information content (AvgIpc) is 3.79. The molecule has 0 fully saturated rings. The van der Waals surface area contributed by atoms with E-state index in [1.54, 1.807) is 48.1 Å². The lowest BCUT2D eigenvalue weighted by Crippen LogP contribution is -2.14. The minimum Gasteiger partial charge on any atom is -0.466 e. The van der Waals surface area contributed by atoms with Crippen LogP contribution < -0.4 is 4.74 Å². The molecule has 0 saturated carbocycles. The van der Waals surface area contributed by atoms with Crippen molar-refractivity contribution < 1.29 is 31.5 Å². The Bertz CT molecular complexity index is 2370. The summed E-state index contributed by atoms with van der Waals surface area (Å²) in [6, 6.07) is 22.4. The molecule has 2 heterocycles. The van der Waals surface area contributed by atoms with Gasteiger partial charge in [0.2, 0.25) is 0 Å². The van der Waals surface area contributed by atoms with Gasteiger partial charge in [0.15, 0.2) is 11.6 Å². The van der Waals surface area contributed by atoms with E-state index in [2.05, 4.69) is 27.6 Å². The average molecular weight is 789 g/mol. The number of halogens is 3. The number of nitrogens with zero attached hydrogens (tertiary/aromatic N) is 3. The number of hydrogen-bond acceptors (Lipinski definition) is 6. The van der Waals surface area contributed by atoms with Crippen molar-refractivity contribution in [2.75, 3.05) is 6.61 Å². The maximum absolute atomic E-state index is 15.9. The Labute approximate surface area is 309 Å². The lowest BCUT2D eigenvalue weighted by molar-refractivity contribution is -0.143. The molecule has 1 unspecified atom stereocenters. The standard InChI is InChI=1S/C40H36BrF2N3O5S/c1-4-7-36(28-9-6-8-27(22-28)12-17-39(47)50-5-2)46-37(18-20-44-46)32-23-29(13-16-34(32)42)51-40-33(25-41)31-19-21-45(38(31)24-35(40)43)52(48,49)30-14-10-26(3)11-15-30/h4,6,8-11,13-16,18-24,36H,1,5,7,12,17,25H2,2-3H3. The molecular weight excluding hydrogens is 752 g/mol. The number of alkyl halides is 1. The van der Waals surface area contributed by atoms with E-state index in [-0.39, 0.29) is 51.2 Å². The molecule has 12 heteroatoms. The molecule has 8 nitrogen and oxygen atoms in total. The van der Waals surface area contributed by atoms with Crippen LogP contribution in [0.5, 0.6) is 11.5 Å². The van der Waals surface area contributed by atoms with Crippen LogP contribution in [0.1, 0.15) is 48.1 Å². The van der Waals surface area contributed by atoms with Gasteiger partial charge in [0.25, 0.3) is 10.0 Å². The van der Waals surface area contributed by atoms with E-state index in [1.807, 2.05) is 31.2 Å². The zero-order valence-electron chi connectivity index (χ0n) is 28.6. The summed E-state index contributed by atoms with van der Waals surface area (Å²) in [7, 11) is -4.02. The van der Waals surface area contributed by atoms with E-state index < -0.39 is 21.7 Å². The quantitative estimate of drug-likeness (QED) is 0.0621. The van der Waals surface area contributed by atoms with E-state index in [0.29, 0.717) is 36.1 Å². The first-order valence-corrected chi connectivity index (χ1v) is 19.2. The monoisotopic (exact) mass is 787 g/mol. The lowest BCUT2D eigenvalue weighted by Gasteiger charge is -2.21. The van der Waals surface area contributed by atoms with Crippen molar-refractivity contribution in [3.8, 4) is 22.8 Å². The summed E-state index contributed by atoms with van der Waals surface area (Å²) in [6.45, 7) is 7.88. The fraction of sp³-hybridized carbons (Fsp3) is 0.200. The number of aromatic nitrogens is 3. The van der Waals surface area contributed by atoms with Gasteiger partial charge in [-0.05, 0) is 80.3 Å². The lowest BCUT2D eigenvalue weighted by atomic mass is 9.98. The SMILES string of the molecule is C=CCC(c1cccc(CCC(=O)OCC)c1)n1nccc1-c1cc(Oc2c(F)cc3c(ccn3S(=O)(=O)c3ccc(C)cc3)c2CBr)ccc1F. The molecule has 6 rings (SSSR count). The third kappa shape index (κ3) is 7.44. The molecule has 0 aliphatic rings. The van der Waals surface area contributed by atoms with E-state index in [4.69, 9.17) is 9.47 Å². The first-order valence-electron chi connectivity index (χ1n) is 16.6. The molecule has 0 aliphatic heterocycles. The summed E-state index contributed by atoms with van der Waals surface area (Å²) >= 11 is 3.43. The van der Waals surface area contributed by atoms with Crippen molar-refractivity contribution in [3.63, 3.8) is 0 Å². The Hall–Kier alpha value is -5.07. The number of carbonyl (C=O) groups excluding carboxylic acids is 1. The highest BCUT2D eigenvalue weighted by molar-refractivity contribution is 9.08. The molecule has 0 spiro atoms. The molecule has 0 radical (unpaired) electrons. The van der Waals surface area contributed by atoms with Gasteiger partial charge in [0, 0.05) is 46.7 Å². The van der Waals surface area contributed by atoms with Crippen LogP contribution >= 0.6 is 15.9 Å². The highest BCUT2D eigenvalue weighted by Crippen LogP contribution is 2.39. The van der Waals surface area contributed by atoms with Crippen LogP contribution in [0.4, 0.5) is 8.78 Å². The first-order chi connectivity index (χ1) is 25.0. The van der Waals surface area contributed by atoms with Crippen molar-refractivity contribution >= 4 is 42.8 Å². The number of esters is 1. The molecule has 1 atom stereocenters. The predicted molar refractivity (Wildman–Crippen MR) is 200 cm³/mol. The minimum atomic E-state index is -4.02. The number of carbonyl (C=O) groups is 1. The van der Waals surface area contributed by atoms with Gasteiger partial charge in [0.1, 0.15) is 11.6 Å². The van der Waals surface area contributed by atoms with Crippen molar-refractivity contribution in [1.29, 1.82) is 0 Å². The van der Waals surface area contributed by atoms with E-state index in [9.17, 15) is 13.2 Å². The van der Waals surface area contributed by atoms with Crippen LogP contribution in [-0.4, -0.2) is 34.7 Å². The van der Waals surface area contributed by atoms with Crippen molar-refractivity contribution in [3.05, 3.63) is 144 Å². The van der Waals surface area contributed by atoms with Crippen LogP contribution in [0.2, 0.25) is 0 Å². The zero-order valence-corrected chi connectivity index (χ0v) is 31.0. The summed E-state index contributed by atoms with van der Waals surface area (Å²) in [4.78, 5) is 12.0. The number of rotatable bonds is 14. The number of fused-ring (bicyclic) bond motifs is 1. The van der Waals surface area contributed by atoms with Gasteiger partial charge in [-0.1, -0.05) is 64.0 Å². The highest BCUT2D eigenvalue weighted by atomic mass is 79.9. The first kappa shape index (κ1) is 36.7. The largest absolute Gasteiger partial charge is 0.466 e. The second-order valence-corrected chi connectivity index (χ2v) is 14.5. The molecule has 0 aliphatic carbocycles. The summed E-state index contributed by atoms with van der Waals surface area (Å²) in [6.07, 6.45) is 5.96. The maximum Gasteiger partial charge on any atom is 0.306 e. The number of aryl methyl sites for hydroxylation is 2. The van der Waals surface area contributed by atoms with E-state index in [0.717, 1.165) is 26.7 Å². The van der Waals surface area contributed by atoms with Crippen molar-refractivity contribution in [2.45, 2.75) is 49.4 Å². The number of benzene rings is 4. The van der Waals surface area contributed by atoms with E-state index in [1.165, 1.54) is 36.5 Å². The highest BCUT2D eigenvalue weighted by Gasteiger charge is 2.25. The number of allylic oxidation sites excluding steroid dienone is 1. The van der Waals surface area contributed by atoms with Gasteiger partial charge in [-0.25, -0.2) is 21.2 Å². The molecule has 0 N–H and O–H groups in total. The molecule has 268 valence electrons. The van der Waals surface area contributed by atoms with Gasteiger partial charge < -0.3 is 9.47 Å². The Morgan fingerprint density at radius 2 is 1.81 bits per heavy atom. The van der Waals surface area contributed by atoms with Gasteiger partial charge in [-0.2, -0.15) is 5.10 Å². The number of ether oxygens (including phenoxy) is 2. The molecule has 0 saturated heterocycles. The van der Waals surface area contributed by atoms with Crippen LogP contribution in [-0.2, 0) is 31.3 Å². The minimum absolute atomic E-state index is 0.0758. The Morgan fingerprint density at radius 3 is 2.54 bits per heavy atom. The Kier molecular flexibility index (Phi) is 11.1. The second kappa shape index (κ2) is 15.7. The predicted octanol–water partition coefficient (Wildman–Crippen LogP) is 9.68. The third-order valence-corrected chi connectivity index (χ3v) is 11.0. The van der Waals surface area contributed by atoms with Crippen molar-refractivity contribution in [1.82, 2.24) is 13.8 Å². The summed E-state index contributed by atoms with van der Waals surface area (Å²) in [5.74, 6) is -1.55. The fourth-order valence-electron chi connectivity index (χ4n) is 6.18. The van der Waals surface area contributed by atoms with Crippen LogP contribution in [0.15, 0.2) is 115 Å². The second-order valence-electron chi connectivity index (χ2n) is 12.2. The summed E-state index contributed by atoms with van der Waals surface area (Å²) < 4.78 is 72.6. The third-order valence-electron chi connectivity index (χ3n) is 8.73. The molecule has 52 heavy (non-hydrogen) atoms. The molecular formula is C40H36BrF2N3O5S. The summed E-state index contributed by atoms with van der Waals surface area (Å²) in [5, 5.41) is 5.18. The Morgan fingerprint density at radius 1 is 1.02 bits per heavy atom. The van der Waals surface area contributed by atoms with Crippen LogP contribution in [0.3, 0.4) is 0 Å². The van der Waals surface area contributed by atoms with Crippen LogP contribution in [0.25, 0.3) is 22.2 Å². The van der Waals surface area contributed by atoms with Gasteiger partial charge in [0.05, 0.1) is 28.8 Å². The maximum atomic E-state index is 15.9. The van der Waals surface area contributed by atoms with Crippen molar-refractivity contribution in [2.24, 2.45) is 0 Å². The topological polar surface area (TPSA) is 92.4 Å². The fourth-order valence-corrected chi connectivity index (χ4v) is 8.07. The smallest absolute Gasteiger partial charge is 0.306 e. The normalized spacial score (nSPS) is 12.2. The summed E-state index contributed by atoms with van der Waals surface area (Å²) in [5.41, 5.74) is 3.93. The Balaban J connectivity index is 1.34. The van der Waals surface area contributed by atoms with Crippen LogP contribution in [0, 0.1) is 18.6 Å². The van der Waals surface area contributed by atoms with Gasteiger partial charge >= 0.3 is 5.97 Å². The zero-order chi connectivity index (χ0) is 37.0. The molecule has 2 aromatic heterocycles. The van der Waals surface area contributed by atoms with Gasteiger partial charge in [-0.3, -0.25) is 9.48 Å².